The van der Waals surface area contributed by atoms with Crippen LogP contribution < -0.4 is 14.8 Å². The molecule has 2 aromatic rings. The summed E-state index contributed by atoms with van der Waals surface area (Å²) in [7, 11) is 1.62. The topological polar surface area (TPSA) is 67.9 Å². The lowest BCUT2D eigenvalue weighted by atomic mass is 10.1. The fourth-order valence-electron chi connectivity index (χ4n) is 3.11. The summed E-state index contributed by atoms with van der Waals surface area (Å²) in [5.74, 6) is 1.28. The zero-order valence-corrected chi connectivity index (χ0v) is 20.9. The fraction of sp³-hybridized carbons (Fsp3) is 0.440. The molecule has 0 aliphatic heterocycles. The summed E-state index contributed by atoms with van der Waals surface area (Å²) in [4.78, 5) is 27.5. The van der Waals surface area contributed by atoms with E-state index in [-0.39, 0.29) is 17.9 Å². The zero-order chi connectivity index (χ0) is 23.5. The van der Waals surface area contributed by atoms with Crippen LogP contribution in [-0.4, -0.2) is 42.5 Å². The van der Waals surface area contributed by atoms with Crippen LogP contribution in [0.4, 0.5) is 0 Å². The molecule has 2 aromatic carbocycles. The first-order valence-electron chi connectivity index (χ1n) is 10.9. The van der Waals surface area contributed by atoms with Gasteiger partial charge in [-0.15, -0.1) is 0 Å². The Morgan fingerprint density at radius 3 is 2.41 bits per heavy atom. The van der Waals surface area contributed by atoms with Gasteiger partial charge < -0.3 is 19.7 Å². The minimum atomic E-state index is -0.571. The fourth-order valence-corrected chi connectivity index (χ4v) is 3.56. The maximum atomic E-state index is 13.1. The van der Waals surface area contributed by atoms with Crippen LogP contribution in [0.15, 0.2) is 53.0 Å². The van der Waals surface area contributed by atoms with Crippen LogP contribution in [0.3, 0.4) is 0 Å². The maximum Gasteiger partial charge on any atom is 0.242 e. The van der Waals surface area contributed by atoms with Gasteiger partial charge in [-0.25, -0.2) is 0 Å². The van der Waals surface area contributed by atoms with Crippen LogP contribution in [0.25, 0.3) is 0 Å². The molecule has 0 aliphatic rings. The van der Waals surface area contributed by atoms with Crippen molar-refractivity contribution < 1.29 is 19.1 Å². The summed E-state index contributed by atoms with van der Waals surface area (Å²) in [5.41, 5.74) is 0.963. The van der Waals surface area contributed by atoms with E-state index in [2.05, 4.69) is 21.2 Å². The summed E-state index contributed by atoms with van der Waals surface area (Å²) in [6, 6.07) is 14.6. The van der Waals surface area contributed by atoms with E-state index in [1.54, 1.807) is 18.9 Å². The lowest BCUT2D eigenvalue weighted by molar-refractivity contribution is -0.141. The van der Waals surface area contributed by atoms with Gasteiger partial charge in [0.25, 0.3) is 0 Å². The number of methoxy groups -OCH3 is 1. The van der Waals surface area contributed by atoms with Gasteiger partial charge >= 0.3 is 0 Å². The molecule has 2 amide bonds. The molecule has 32 heavy (non-hydrogen) atoms. The van der Waals surface area contributed by atoms with Crippen LogP contribution in [0, 0.1) is 0 Å². The number of ether oxygens (including phenoxy) is 2. The molecule has 0 radical (unpaired) electrons. The summed E-state index contributed by atoms with van der Waals surface area (Å²) in [6.07, 6.45) is 1.69. The van der Waals surface area contributed by atoms with Crippen LogP contribution in [0.5, 0.6) is 11.5 Å². The third-order valence-electron chi connectivity index (χ3n) is 5.27. The highest BCUT2D eigenvalue weighted by Crippen LogP contribution is 2.18. The van der Waals surface area contributed by atoms with Crippen molar-refractivity contribution in [2.24, 2.45) is 0 Å². The third-order valence-corrected chi connectivity index (χ3v) is 5.77. The number of benzene rings is 2. The Hall–Kier alpha value is -2.54. The Kier molecular flexibility index (Phi) is 10.5. The largest absolute Gasteiger partial charge is 0.497 e. The molecular weight excluding hydrogens is 472 g/mol. The van der Waals surface area contributed by atoms with Crippen molar-refractivity contribution in [1.29, 1.82) is 0 Å². The van der Waals surface area contributed by atoms with E-state index in [1.807, 2.05) is 62.4 Å². The van der Waals surface area contributed by atoms with Gasteiger partial charge in [0.1, 0.15) is 17.5 Å². The Bertz CT molecular complexity index is 873. The molecule has 0 heterocycles. The van der Waals surface area contributed by atoms with Crippen molar-refractivity contribution >= 4 is 27.7 Å². The van der Waals surface area contributed by atoms with Crippen molar-refractivity contribution in [3.05, 3.63) is 58.6 Å². The van der Waals surface area contributed by atoms with E-state index >= 15 is 0 Å². The minimum absolute atomic E-state index is 0.0608. The van der Waals surface area contributed by atoms with Gasteiger partial charge in [-0.3, -0.25) is 9.59 Å². The molecular formula is C25H33BrN2O4. The second-order valence-electron chi connectivity index (χ2n) is 7.77. The number of hydrogen-bond donors (Lipinski definition) is 1. The Morgan fingerprint density at radius 2 is 1.78 bits per heavy atom. The van der Waals surface area contributed by atoms with E-state index in [0.717, 1.165) is 28.0 Å². The zero-order valence-electron chi connectivity index (χ0n) is 19.3. The van der Waals surface area contributed by atoms with Crippen LogP contribution in [-0.2, 0) is 16.1 Å². The summed E-state index contributed by atoms with van der Waals surface area (Å²) < 4.78 is 11.8. The number of carbonyl (C=O) groups excluding carboxylic acids is 2. The maximum absolute atomic E-state index is 13.1. The number of amides is 2. The molecule has 0 aromatic heterocycles. The van der Waals surface area contributed by atoms with E-state index < -0.39 is 6.04 Å². The SMILES string of the molecule is CCC(C)NC(=O)C(C)N(Cc1cccc(Br)c1)C(=O)CCCOc1ccc(OC)cc1. The van der Waals surface area contributed by atoms with Gasteiger partial charge in [-0.2, -0.15) is 0 Å². The molecule has 174 valence electrons. The number of rotatable bonds is 12. The van der Waals surface area contributed by atoms with Gasteiger partial charge in [0.2, 0.25) is 11.8 Å². The van der Waals surface area contributed by atoms with Gasteiger partial charge in [-0.1, -0.05) is 35.0 Å². The van der Waals surface area contributed by atoms with E-state index in [0.29, 0.717) is 26.0 Å². The second-order valence-corrected chi connectivity index (χ2v) is 8.69. The van der Waals surface area contributed by atoms with E-state index in [4.69, 9.17) is 9.47 Å². The quantitative estimate of drug-likeness (QED) is 0.415. The van der Waals surface area contributed by atoms with Crippen molar-refractivity contribution in [3.8, 4) is 11.5 Å². The van der Waals surface area contributed by atoms with Crippen molar-refractivity contribution in [2.45, 2.75) is 58.7 Å². The molecule has 0 spiro atoms. The number of hydrogen-bond acceptors (Lipinski definition) is 4. The van der Waals surface area contributed by atoms with Crippen LogP contribution in [0.1, 0.15) is 45.6 Å². The van der Waals surface area contributed by atoms with Gasteiger partial charge in [0.15, 0.2) is 0 Å². The van der Waals surface area contributed by atoms with E-state index in [9.17, 15) is 9.59 Å². The van der Waals surface area contributed by atoms with Crippen LogP contribution in [0.2, 0.25) is 0 Å². The first kappa shape index (κ1) is 25.7. The predicted molar refractivity (Wildman–Crippen MR) is 130 cm³/mol. The molecule has 2 unspecified atom stereocenters. The normalized spacial score (nSPS) is 12.5. The van der Waals surface area contributed by atoms with Crippen molar-refractivity contribution in [1.82, 2.24) is 10.2 Å². The first-order valence-corrected chi connectivity index (χ1v) is 11.7. The average molecular weight is 505 g/mol. The number of carbonyl (C=O) groups is 2. The highest BCUT2D eigenvalue weighted by molar-refractivity contribution is 9.10. The lowest BCUT2D eigenvalue weighted by Gasteiger charge is -2.30. The molecule has 2 atom stereocenters. The monoisotopic (exact) mass is 504 g/mol. The molecule has 0 bridgehead atoms. The molecule has 0 saturated carbocycles. The number of nitrogens with zero attached hydrogens (tertiary/aromatic N) is 1. The molecule has 0 saturated heterocycles. The molecule has 2 rings (SSSR count). The summed E-state index contributed by atoms with van der Waals surface area (Å²) in [6.45, 7) is 6.54. The molecule has 7 heteroatoms. The highest BCUT2D eigenvalue weighted by atomic mass is 79.9. The van der Waals surface area contributed by atoms with Gasteiger partial charge in [0, 0.05) is 23.5 Å². The minimum Gasteiger partial charge on any atom is -0.497 e. The third kappa shape index (κ3) is 8.19. The number of nitrogens with one attached hydrogen (secondary N) is 1. The highest BCUT2D eigenvalue weighted by Gasteiger charge is 2.26. The molecule has 1 N–H and O–H groups in total. The summed E-state index contributed by atoms with van der Waals surface area (Å²) in [5, 5.41) is 2.98. The van der Waals surface area contributed by atoms with Crippen molar-refractivity contribution in [2.75, 3.05) is 13.7 Å². The van der Waals surface area contributed by atoms with Crippen LogP contribution >= 0.6 is 15.9 Å². The Morgan fingerprint density at radius 1 is 1.09 bits per heavy atom. The predicted octanol–water partition coefficient (Wildman–Crippen LogP) is 4.95. The molecule has 6 nitrogen and oxygen atoms in total. The molecule has 0 fully saturated rings. The van der Waals surface area contributed by atoms with Gasteiger partial charge in [-0.05, 0) is 68.7 Å². The lowest BCUT2D eigenvalue weighted by Crippen LogP contribution is -2.49. The summed E-state index contributed by atoms with van der Waals surface area (Å²) >= 11 is 3.47. The van der Waals surface area contributed by atoms with Gasteiger partial charge in [0.05, 0.1) is 13.7 Å². The Balaban J connectivity index is 1.99. The van der Waals surface area contributed by atoms with Crippen molar-refractivity contribution in [3.63, 3.8) is 0 Å². The van der Waals surface area contributed by atoms with E-state index in [1.165, 1.54) is 0 Å². The first-order chi connectivity index (χ1) is 15.3. The Labute approximate surface area is 199 Å². The smallest absolute Gasteiger partial charge is 0.242 e. The standard InChI is InChI=1S/C25H33BrN2O4/c1-5-18(2)27-25(30)19(3)28(17-20-8-6-9-21(26)16-20)24(29)10-7-15-32-23-13-11-22(31-4)12-14-23/h6,8-9,11-14,16,18-19H,5,7,10,15,17H2,1-4H3,(H,27,30). The second kappa shape index (κ2) is 13.1. The molecule has 0 aliphatic carbocycles. The number of halogens is 1. The average Bonchev–Trinajstić information content (AvgIpc) is 2.80.